The largest absolute Gasteiger partial charge is 0.370 e. The lowest BCUT2D eigenvalue weighted by molar-refractivity contribution is 0.0999. The van der Waals surface area contributed by atoms with Crippen molar-refractivity contribution in [3.8, 4) is 0 Å². The molecule has 0 aliphatic rings. The Labute approximate surface area is 127 Å². The fourth-order valence-electron chi connectivity index (χ4n) is 2.50. The molecule has 0 unspecified atom stereocenters. The molecule has 1 aromatic heterocycles. The number of amides is 1. The summed E-state index contributed by atoms with van der Waals surface area (Å²) in [5.74, 6) is -0.429. The minimum absolute atomic E-state index is 0.0326. The van der Waals surface area contributed by atoms with Crippen molar-refractivity contribution in [2.45, 2.75) is 41.0 Å². The Morgan fingerprint density at radius 1 is 1.38 bits per heavy atom. The number of pyridine rings is 1. The summed E-state index contributed by atoms with van der Waals surface area (Å²) in [7, 11) is 0. The lowest BCUT2D eigenvalue weighted by atomic mass is 9.92. The minimum Gasteiger partial charge on any atom is -0.370 e. The Bertz CT molecular complexity index is 511. The van der Waals surface area contributed by atoms with Crippen molar-refractivity contribution in [2.75, 3.05) is 24.5 Å². The summed E-state index contributed by atoms with van der Waals surface area (Å²) in [5, 5.41) is 0. The van der Waals surface area contributed by atoms with Crippen LogP contribution in [0, 0.1) is 19.3 Å². The molecule has 0 spiro atoms. The van der Waals surface area contributed by atoms with E-state index in [2.05, 4.69) is 30.7 Å². The fourth-order valence-corrected chi connectivity index (χ4v) is 2.50. The number of rotatable bonds is 7. The topological polar surface area (TPSA) is 85.2 Å². The van der Waals surface area contributed by atoms with Crippen LogP contribution >= 0.6 is 0 Å². The van der Waals surface area contributed by atoms with Crippen molar-refractivity contribution in [1.29, 1.82) is 0 Å². The van der Waals surface area contributed by atoms with Gasteiger partial charge < -0.3 is 16.4 Å². The van der Waals surface area contributed by atoms with Crippen LogP contribution in [-0.2, 0) is 0 Å². The molecule has 1 aromatic rings. The highest BCUT2D eigenvalue weighted by Gasteiger charge is 2.24. The highest BCUT2D eigenvalue weighted by atomic mass is 16.1. The van der Waals surface area contributed by atoms with Crippen LogP contribution in [0.25, 0.3) is 0 Å². The van der Waals surface area contributed by atoms with Gasteiger partial charge in [0.25, 0.3) is 5.91 Å². The number of nitrogens with zero attached hydrogens (tertiary/aromatic N) is 2. The molecule has 0 atom stereocenters. The van der Waals surface area contributed by atoms with Crippen LogP contribution in [0.3, 0.4) is 0 Å². The van der Waals surface area contributed by atoms with E-state index in [1.807, 2.05) is 19.9 Å². The smallest absolute Gasteiger partial charge is 0.252 e. The zero-order chi connectivity index (χ0) is 16.2. The van der Waals surface area contributed by atoms with E-state index in [4.69, 9.17) is 11.5 Å². The van der Waals surface area contributed by atoms with Crippen molar-refractivity contribution in [1.82, 2.24) is 4.98 Å². The quantitative estimate of drug-likeness (QED) is 0.805. The fraction of sp³-hybridized carbons (Fsp3) is 0.625. The summed E-state index contributed by atoms with van der Waals surface area (Å²) in [4.78, 5) is 18.4. The van der Waals surface area contributed by atoms with Gasteiger partial charge in [0, 0.05) is 18.8 Å². The van der Waals surface area contributed by atoms with E-state index in [-0.39, 0.29) is 5.41 Å². The molecule has 0 bridgehead atoms. The van der Waals surface area contributed by atoms with Crippen LogP contribution in [0.4, 0.5) is 5.69 Å². The standard InChI is InChI=1S/C16H28N4O/c1-6-7-20(10-16(4,5)9-17)13-8-11(2)19-12(3)14(13)15(18)21/h8H,6-7,9-10,17H2,1-5H3,(H2,18,21). The van der Waals surface area contributed by atoms with Gasteiger partial charge in [-0.2, -0.15) is 0 Å². The van der Waals surface area contributed by atoms with Crippen molar-refractivity contribution >= 4 is 11.6 Å². The molecule has 0 aliphatic heterocycles. The van der Waals surface area contributed by atoms with Gasteiger partial charge in [-0.25, -0.2) is 0 Å². The highest BCUT2D eigenvalue weighted by Crippen LogP contribution is 2.27. The molecule has 0 saturated heterocycles. The lowest BCUT2D eigenvalue weighted by Crippen LogP contribution is -2.40. The van der Waals surface area contributed by atoms with Crippen molar-refractivity contribution < 1.29 is 4.79 Å². The Kier molecular flexibility index (Phi) is 5.72. The second-order valence-electron chi connectivity index (χ2n) is 6.40. The van der Waals surface area contributed by atoms with Gasteiger partial charge in [-0.1, -0.05) is 20.8 Å². The number of carbonyl (C=O) groups excluding carboxylic acids is 1. The van der Waals surface area contributed by atoms with Crippen LogP contribution in [0.2, 0.25) is 0 Å². The monoisotopic (exact) mass is 292 g/mol. The SMILES string of the molecule is CCCN(CC(C)(C)CN)c1cc(C)nc(C)c1C(N)=O. The molecule has 5 nitrogen and oxygen atoms in total. The van der Waals surface area contributed by atoms with Gasteiger partial charge in [0.2, 0.25) is 0 Å². The number of nitrogens with two attached hydrogens (primary N) is 2. The summed E-state index contributed by atoms with van der Waals surface area (Å²) in [6, 6.07) is 1.94. The number of aromatic nitrogens is 1. The molecule has 1 heterocycles. The first-order valence-electron chi connectivity index (χ1n) is 7.45. The molecule has 5 heteroatoms. The van der Waals surface area contributed by atoms with Crippen LogP contribution in [-0.4, -0.2) is 30.5 Å². The molecule has 0 aromatic carbocycles. The van der Waals surface area contributed by atoms with E-state index in [0.29, 0.717) is 17.8 Å². The Balaban J connectivity index is 3.33. The third kappa shape index (κ3) is 4.43. The molecule has 4 N–H and O–H groups in total. The van der Waals surface area contributed by atoms with Crippen LogP contribution in [0.1, 0.15) is 48.9 Å². The maximum absolute atomic E-state index is 11.8. The average molecular weight is 292 g/mol. The number of hydrogen-bond donors (Lipinski definition) is 2. The Morgan fingerprint density at radius 2 is 2.00 bits per heavy atom. The molecule has 1 amide bonds. The number of anilines is 1. The molecule has 0 fully saturated rings. The summed E-state index contributed by atoms with van der Waals surface area (Å²) in [5.41, 5.74) is 14.3. The van der Waals surface area contributed by atoms with Gasteiger partial charge in [-0.3, -0.25) is 9.78 Å². The second-order valence-corrected chi connectivity index (χ2v) is 6.40. The third-order valence-corrected chi connectivity index (χ3v) is 3.56. The lowest BCUT2D eigenvalue weighted by Gasteiger charge is -2.34. The number of carbonyl (C=O) groups is 1. The van der Waals surface area contributed by atoms with Gasteiger partial charge in [-0.05, 0) is 38.3 Å². The van der Waals surface area contributed by atoms with Crippen LogP contribution in [0.5, 0.6) is 0 Å². The zero-order valence-corrected chi connectivity index (χ0v) is 13.9. The Hall–Kier alpha value is -1.62. The number of primary amides is 1. The maximum Gasteiger partial charge on any atom is 0.252 e. The zero-order valence-electron chi connectivity index (χ0n) is 13.9. The van der Waals surface area contributed by atoms with Crippen LogP contribution < -0.4 is 16.4 Å². The molecule has 118 valence electrons. The first-order valence-corrected chi connectivity index (χ1v) is 7.45. The molecule has 0 saturated carbocycles. The van der Waals surface area contributed by atoms with E-state index < -0.39 is 5.91 Å². The van der Waals surface area contributed by atoms with Gasteiger partial charge in [0.05, 0.1) is 16.9 Å². The second kappa shape index (κ2) is 6.89. The van der Waals surface area contributed by atoms with Crippen molar-refractivity contribution in [2.24, 2.45) is 16.9 Å². The van der Waals surface area contributed by atoms with Gasteiger partial charge in [0.15, 0.2) is 0 Å². The summed E-state index contributed by atoms with van der Waals surface area (Å²) in [6.07, 6.45) is 0.985. The van der Waals surface area contributed by atoms with E-state index in [9.17, 15) is 4.79 Å². The van der Waals surface area contributed by atoms with Crippen molar-refractivity contribution in [3.63, 3.8) is 0 Å². The molecule has 0 radical (unpaired) electrons. The molecular formula is C16H28N4O. The first-order chi connectivity index (χ1) is 9.71. The maximum atomic E-state index is 11.8. The summed E-state index contributed by atoms with van der Waals surface area (Å²) in [6.45, 7) is 12.3. The highest BCUT2D eigenvalue weighted by molar-refractivity contribution is 5.99. The minimum atomic E-state index is -0.429. The summed E-state index contributed by atoms with van der Waals surface area (Å²) >= 11 is 0. The number of aryl methyl sites for hydroxylation is 2. The van der Waals surface area contributed by atoms with E-state index in [1.165, 1.54) is 0 Å². The molecular weight excluding hydrogens is 264 g/mol. The number of hydrogen-bond acceptors (Lipinski definition) is 4. The van der Waals surface area contributed by atoms with Crippen molar-refractivity contribution in [3.05, 3.63) is 23.0 Å². The predicted octanol–water partition coefficient (Wildman–Crippen LogP) is 2.00. The van der Waals surface area contributed by atoms with E-state index in [0.717, 1.165) is 30.9 Å². The van der Waals surface area contributed by atoms with E-state index in [1.54, 1.807) is 0 Å². The van der Waals surface area contributed by atoms with E-state index >= 15 is 0 Å². The van der Waals surface area contributed by atoms with Gasteiger partial charge in [-0.15, -0.1) is 0 Å². The first kappa shape index (κ1) is 17.4. The van der Waals surface area contributed by atoms with Gasteiger partial charge >= 0.3 is 0 Å². The summed E-state index contributed by atoms with van der Waals surface area (Å²) < 4.78 is 0. The normalized spacial score (nSPS) is 11.5. The molecule has 0 aliphatic carbocycles. The van der Waals surface area contributed by atoms with Gasteiger partial charge in [0.1, 0.15) is 0 Å². The Morgan fingerprint density at radius 3 is 2.48 bits per heavy atom. The molecule has 1 rings (SSSR count). The predicted molar refractivity (Wildman–Crippen MR) is 87.6 cm³/mol. The van der Waals surface area contributed by atoms with Crippen LogP contribution in [0.15, 0.2) is 6.07 Å². The average Bonchev–Trinajstić information content (AvgIpc) is 2.36. The third-order valence-electron chi connectivity index (χ3n) is 3.56. The molecule has 21 heavy (non-hydrogen) atoms.